The number of ether oxygens (including phenoxy) is 1. The van der Waals surface area contributed by atoms with E-state index in [1.54, 1.807) is 0 Å². The van der Waals surface area contributed by atoms with Crippen LogP contribution in [0.4, 0.5) is 0 Å². The van der Waals surface area contributed by atoms with Gasteiger partial charge in [0, 0.05) is 37.1 Å². The van der Waals surface area contributed by atoms with Gasteiger partial charge in [-0.1, -0.05) is 27.2 Å². The number of fused-ring (bicyclic) bond motifs is 1. The first kappa shape index (κ1) is 18.5. The molecule has 0 radical (unpaired) electrons. The molecule has 0 aromatic rings. The van der Waals surface area contributed by atoms with E-state index in [2.05, 4.69) is 50.3 Å². The lowest BCUT2D eigenvalue weighted by Crippen LogP contribution is -2.68. The molecule has 0 aromatic carbocycles. The first-order valence-electron chi connectivity index (χ1n) is 9.35. The Morgan fingerprint density at radius 1 is 1.30 bits per heavy atom. The number of aliphatic imine (C=N–C) groups is 1. The Morgan fingerprint density at radius 2 is 2.09 bits per heavy atom. The molecule has 1 saturated carbocycles. The van der Waals surface area contributed by atoms with Gasteiger partial charge in [-0.25, -0.2) is 0 Å². The SMILES string of the molecule is CCCCN(C)CCN=C(NCC)NC1C2CCOC2C1(C)C. The van der Waals surface area contributed by atoms with Crippen molar-refractivity contribution in [2.45, 2.75) is 59.1 Å². The summed E-state index contributed by atoms with van der Waals surface area (Å²) >= 11 is 0. The molecule has 0 aromatic heterocycles. The summed E-state index contributed by atoms with van der Waals surface area (Å²) in [5, 5.41) is 7.07. The predicted octanol–water partition coefficient (Wildman–Crippen LogP) is 2.09. The van der Waals surface area contributed by atoms with Gasteiger partial charge in [-0.2, -0.15) is 0 Å². The summed E-state index contributed by atoms with van der Waals surface area (Å²) < 4.78 is 5.88. The number of nitrogens with one attached hydrogen (secondary N) is 2. The van der Waals surface area contributed by atoms with Crippen LogP contribution in [0.2, 0.25) is 0 Å². The third-order valence-electron chi connectivity index (χ3n) is 5.38. The van der Waals surface area contributed by atoms with Crippen LogP contribution in [0.25, 0.3) is 0 Å². The quantitative estimate of drug-likeness (QED) is 0.530. The van der Waals surface area contributed by atoms with Crippen molar-refractivity contribution in [2.24, 2.45) is 16.3 Å². The van der Waals surface area contributed by atoms with Gasteiger partial charge in [0.15, 0.2) is 5.96 Å². The minimum atomic E-state index is 0.190. The van der Waals surface area contributed by atoms with Crippen molar-refractivity contribution < 1.29 is 4.74 Å². The van der Waals surface area contributed by atoms with Gasteiger partial charge >= 0.3 is 0 Å². The predicted molar refractivity (Wildman–Crippen MR) is 96.9 cm³/mol. The largest absolute Gasteiger partial charge is 0.377 e. The fraction of sp³-hybridized carbons (Fsp3) is 0.944. The molecular formula is C18H36N4O. The Morgan fingerprint density at radius 3 is 2.78 bits per heavy atom. The van der Waals surface area contributed by atoms with Gasteiger partial charge in [-0.15, -0.1) is 0 Å². The Labute approximate surface area is 142 Å². The highest BCUT2D eigenvalue weighted by atomic mass is 16.5. The van der Waals surface area contributed by atoms with Gasteiger partial charge in [0.2, 0.25) is 0 Å². The summed E-state index contributed by atoms with van der Waals surface area (Å²) in [6.45, 7) is 13.8. The van der Waals surface area contributed by atoms with Crippen LogP contribution >= 0.6 is 0 Å². The maximum atomic E-state index is 5.88. The molecule has 0 bridgehead atoms. The summed E-state index contributed by atoms with van der Waals surface area (Å²) in [5.41, 5.74) is 0.190. The number of rotatable bonds is 8. The normalized spacial score (nSPS) is 29.3. The average Bonchev–Trinajstić information content (AvgIpc) is 2.97. The van der Waals surface area contributed by atoms with Crippen molar-refractivity contribution in [3.63, 3.8) is 0 Å². The molecule has 1 aliphatic carbocycles. The minimum Gasteiger partial charge on any atom is -0.377 e. The van der Waals surface area contributed by atoms with Crippen molar-refractivity contribution >= 4 is 5.96 Å². The summed E-state index contributed by atoms with van der Waals surface area (Å²) in [6.07, 6.45) is 4.10. The smallest absolute Gasteiger partial charge is 0.191 e. The van der Waals surface area contributed by atoms with E-state index in [0.717, 1.165) is 38.7 Å². The number of likely N-dealkylation sites (N-methyl/N-ethyl adjacent to an activating group) is 1. The number of hydrogen-bond acceptors (Lipinski definition) is 3. The first-order chi connectivity index (χ1) is 11.0. The van der Waals surface area contributed by atoms with Crippen LogP contribution in [0, 0.1) is 11.3 Å². The van der Waals surface area contributed by atoms with Crippen LogP contribution in [-0.2, 0) is 4.74 Å². The summed E-state index contributed by atoms with van der Waals surface area (Å²) in [6, 6.07) is 0.464. The minimum absolute atomic E-state index is 0.190. The average molecular weight is 325 g/mol. The Balaban J connectivity index is 1.84. The molecule has 5 nitrogen and oxygen atoms in total. The Hall–Kier alpha value is -0.810. The topological polar surface area (TPSA) is 48.9 Å². The van der Waals surface area contributed by atoms with Crippen LogP contribution in [0.15, 0.2) is 4.99 Å². The summed E-state index contributed by atoms with van der Waals surface area (Å²) in [7, 11) is 2.18. The fourth-order valence-electron chi connectivity index (χ4n) is 3.96. The van der Waals surface area contributed by atoms with Gasteiger partial charge < -0.3 is 20.3 Å². The van der Waals surface area contributed by atoms with Crippen LogP contribution in [0.5, 0.6) is 0 Å². The van der Waals surface area contributed by atoms with E-state index >= 15 is 0 Å². The highest BCUT2D eigenvalue weighted by Crippen LogP contribution is 2.52. The van der Waals surface area contributed by atoms with E-state index in [-0.39, 0.29) is 5.41 Å². The lowest BCUT2D eigenvalue weighted by Gasteiger charge is -2.54. The zero-order valence-electron chi connectivity index (χ0n) is 15.7. The second kappa shape index (κ2) is 8.34. The van der Waals surface area contributed by atoms with Gasteiger partial charge in [0.05, 0.1) is 12.6 Å². The molecule has 23 heavy (non-hydrogen) atoms. The summed E-state index contributed by atoms with van der Waals surface area (Å²) in [5.74, 6) is 1.60. The van der Waals surface area contributed by atoms with Crippen molar-refractivity contribution in [1.82, 2.24) is 15.5 Å². The number of unbranched alkanes of at least 4 members (excludes halogenated alkanes) is 1. The molecule has 1 heterocycles. The van der Waals surface area contributed by atoms with E-state index in [0.29, 0.717) is 18.1 Å². The zero-order chi connectivity index (χ0) is 16.9. The standard InChI is InChI=1S/C18H36N4O/c1-6-8-11-22(5)12-10-20-17(19-7-2)21-15-14-9-13-23-16(14)18(15,3)4/h14-16H,6-13H2,1-5H3,(H2,19,20,21). The van der Waals surface area contributed by atoms with E-state index in [1.807, 2.05) is 0 Å². The molecule has 1 aliphatic heterocycles. The number of guanidine groups is 1. The molecule has 0 amide bonds. The Kier molecular flexibility index (Phi) is 6.72. The molecule has 2 N–H and O–H groups in total. The second-order valence-electron chi connectivity index (χ2n) is 7.60. The van der Waals surface area contributed by atoms with Crippen molar-refractivity contribution in [3.8, 4) is 0 Å². The van der Waals surface area contributed by atoms with Crippen LogP contribution in [0.1, 0.15) is 47.0 Å². The lowest BCUT2D eigenvalue weighted by molar-refractivity contribution is -0.106. The molecule has 3 atom stereocenters. The van der Waals surface area contributed by atoms with E-state index < -0.39 is 0 Å². The van der Waals surface area contributed by atoms with Crippen LogP contribution in [0.3, 0.4) is 0 Å². The summed E-state index contributed by atoms with van der Waals surface area (Å²) in [4.78, 5) is 7.14. The first-order valence-corrected chi connectivity index (χ1v) is 9.35. The van der Waals surface area contributed by atoms with Crippen LogP contribution < -0.4 is 10.6 Å². The van der Waals surface area contributed by atoms with Gasteiger partial charge in [-0.3, -0.25) is 4.99 Å². The molecule has 0 spiro atoms. The van der Waals surface area contributed by atoms with Crippen molar-refractivity contribution in [1.29, 1.82) is 0 Å². The highest BCUT2D eigenvalue weighted by Gasteiger charge is 2.59. The zero-order valence-corrected chi connectivity index (χ0v) is 15.7. The maximum Gasteiger partial charge on any atom is 0.191 e. The van der Waals surface area contributed by atoms with Gasteiger partial charge in [0.25, 0.3) is 0 Å². The van der Waals surface area contributed by atoms with Crippen LogP contribution in [-0.4, -0.2) is 62.8 Å². The molecule has 134 valence electrons. The van der Waals surface area contributed by atoms with Gasteiger partial charge in [-0.05, 0) is 33.4 Å². The van der Waals surface area contributed by atoms with E-state index in [4.69, 9.17) is 9.73 Å². The Bertz CT molecular complexity index is 396. The third kappa shape index (κ3) is 4.38. The molecule has 1 saturated heterocycles. The molecule has 2 rings (SSSR count). The van der Waals surface area contributed by atoms with Crippen molar-refractivity contribution in [2.75, 3.05) is 39.8 Å². The third-order valence-corrected chi connectivity index (χ3v) is 5.38. The van der Waals surface area contributed by atoms with Gasteiger partial charge in [0.1, 0.15) is 0 Å². The van der Waals surface area contributed by atoms with E-state index in [1.165, 1.54) is 19.3 Å². The molecule has 2 aliphatic rings. The molecule has 5 heteroatoms. The second-order valence-corrected chi connectivity index (χ2v) is 7.60. The number of hydrogen-bond donors (Lipinski definition) is 2. The molecule has 3 unspecified atom stereocenters. The van der Waals surface area contributed by atoms with Crippen molar-refractivity contribution in [3.05, 3.63) is 0 Å². The lowest BCUT2D eigenvalue weighted by atomic mass is 9.57. The fourth-order valence-corrected chi connectivity index (χ4v) is 3.96. The molecular weight excluding hydrogens is 288 g/mol. The molecule has 2 fully saturated rings. The monoisotopic (exact) mass is 324 g/mol. The number of nitrogens with zero attached hydrogens (tertiary/aromatic N) is 2. The maximum absolute atomic E-state index is 5.88. The van der Waals surface area contributed by atoms with E-state index in [9.17, 15) is 0 Å². The highest BCUT2D eigenvalue weighted by molar-refractivity contribution is 5.80.